The fourth-order valence-corrected chi connectivity index (χ4v) is 4.02. The summed E-state index contributed by atoms with van der Waals surface area (Å²) in [6.07, 6.45) is 0. The van der Waals surface area contributed by atoms with Crippen LogP contribution < -0.4 is 4.90 Å². The van der Waals surface area contributed by atoms with Gasteiger partial charge in [0.05, 0.1) is 0 Å². The summed E-state index contributed by atoms with van der Waals surface area (Å²) in [5.41, 5.74) is -6.48. The molecule has 0 aliphatic carbocycles. The van der Waals surface area contributed by atoms with Gasteiger partial charge in [0, 0.05) is 30.3 Å². The molecular formula is C23H32F5N5O3S. The minimum Gasteiger partial charge on any atom is -0.371 e. The molecule has 2 rings (SSSR count). The first-order valence-electron chi connectivity index (χ1n) is 11.5. The molecule has 0 amide bonds. The number of azo groups is 1. The highest BCUT2D eigenvalue weighted by Gasteiger charge is 2.47. The molecule has 0 aliphatic rings. The normalized spacial score (nSPS) is 14.7. The van der Waals surface area contributed by atoms with Gasteiger partial charge in [0.2, 0.25) is 5.82 Å². The van der Waals surface area contributed by atoms with Crippen LogP contribution in [0.15, 0.2) is 43.4 Å². The Morgan fingerprint density at radius 3 is 2.05 bits per heavy atom. The summed E-state index contributed by atoms with van der Waals surface area (Å²) in [5, 5.41) is 11.5. The van der Waals surface area contributed by atoms with Crippen molar-refractivity contribution in [1.29, 1.82) is 0 Å². The molecule has 1 aromatic carbocycles. The number of halogens is 5. The van der Waals surface area contributed by atoms with Crippen LogP contribution >= 0.6 is 0 Å². The maximum atomic E-state index is 13.5. The lowest BCUT2D eigenvalue weighted by atomic mass is 9.93. The molecule has 0 fully saturated rings. The van der Waals surface area contributed by atoms with Crippen LogP contribution in [0.25, 0.3) is 0 Å². The lowest BCUT2D eigenvalue weighted by Crippen LogP contribution is -2.31. The first kappa shape index (κ1) is 30.6. The molecule has 0 aliphatic heterocycles. The van der Waals surface area contributed by atoms with Crippen LogP contribution in [-0.4, -0.2) is 34.6 Å². The van der Waals surface area contributed by atoms with Crippen LogP contribution in [0.2, 0.25) is 0 Å². The maximum Gasteiger partial charge on any atom is 0.504 e. The van der Waals surface area contributed by atoms with Gasteiger partial charge in [-0.05, 0) is 30.0 Å². The Balaban J connectivity index is 2.69. The van der Waals surface area contributed by atoms with Gasteiger partial charge in [-0.2, -0.15) is 26.3 Å². The van der Waals surface area contributed by atoms with Crippen molar-refractivity contribution in [3.63, 3.8) is 0 Å². The van der Waals surface area contributed by atoms with Gasteiger partial charge in [-0.25, -0.2) is 8.39 Å². The largest absolute Gasteiger partial charge is 0.504 e. The molecule has 1 aromatic heterocycles. The zero-order valence-corrected chi connectivity index (χ0v) is 22.5. The highest BCUT2D eigenvalue weighted by atomic mass is 32.2. The molecule has 0 saturated heterocycles. The molecule has 1 unspecified atom stereocenters. The molecule has 208 valence electrons. The first-order valence-corrected chi connectivity index (χ1v) is 12.9. The van der Waals surface area contributed by atoms with E-state index in [1.54, 1.807) is 6.07 Å². The van der Waals surface area contributed by atoms with Crippen LogP contribution in [0.3, 0.4) is 0 Å². The molecular weight excluding hydrogens is 521 g/mol. The Kier molecular flexibility index (Phi) is 9.80. The molecule has 0 radical (unpaired) electrons. The predicted molar refractivity (Wildman–Crippen MR) is 131 cm³/mol. The third-order valence-electron chi connectivity index (χ3n) is 4.71. The molecule has 0 bridgehead atoms. The molecule has 0 saturated carbocycles. The van der Waals surface area contributed by atoms with Crippen LogP contribution in [0, 0.1) is 11.8 Å². The second-order valence-electron chi connectivity index (χ2n) is 10.2. The van der Waals surface area contributed by atoms with E-state index in [-0.39, 0.29) is 28.8 Å². The molecule has 14 heteroatoms. The summed E-state index contributed by atoms with van der Waals surface area (Å²) < 4.78 is 90.5. The van der Waals surface area contributed by atoms with Gasteiger partial charge in [-0.3, -0.25) is 0 Å². The number of hydrogen-bond donors (Lipinski definition) is 0. The smallest absolute Gasteiger partial charge is 0.371 e. The minimum absolute atomic E-state index is 0.0292. The monoisotopic (exact) mass is 553 g/mol. The average molecular weight is 554 g/mol. The average Bonchev–Trinajstić information content (AvgIpc) is 3.20. The van der Waals surface area contributed by atoms with Gasteiger partial charge in [0.15, 0.2) is 0 Å². The Bertz CT molecular complexity index is 1190. The molecule has 0 N–H and O–H groups in total. The molecule has 1 heterocycles. The van der Waals surface area contributed by atoms with Crippen molar-refractivity contribution in [2.45, 2.75) is 66.0 Å². The third-order valence-corrected chi connectivity index (χ3v) is 6.13. The van der Waals surface area contributed by atoms with Crippen molar-refractivity contribution in [3.8, 4) is 0 Å². The van der Waals surface area contributed by atoms with Gasteiger partial charge in [0.25, 0.3) is 10.0 Å². The molecule has 0 spiro atoms. The van der Waals surface area contributed by atoms with Crippen LogP contribution in [-0.2, 0) is 19.6 Å². The molecule has 37 heavy (non-hydrogen) atoms. The predicted octanol–water partition coefficient (Wildman–Crippen LogP) is 8.28. The number of rotatable bonds is 10. The SMILES string of the molecule is CC(C)CN(CC(C)C)c1ccc(N=Nc2cc(C(C)(C)C)on2)c(N=S(=O)(OC(F)F)C(F)(F)F)c1. The summed E-state index contributed by atoms with van der Waals surface area (Å²) in [6, 6.07) is 5.60. The van der Waals surface area contributed by atoms with E-state index in [0.29, 0.717) is 24.5 Å². The summed E-state index contributed by atoms with van der Waals surface area (Å²) in [4.78, 5) is 1.91. The summed E-state index contributed by atoms with van der Waals surface area (Å²) in [7, 11) is -5.85. The minimum atomic E-state index is -5.85. The van der Waals surface area contributed by atoms with E-state index in [4.69, 9.17) is 4.52 Å². The Morgan fingerprint density at radius 1 is 1.00 bits per heavy atom. The first-order chi connectivity index (χ1) is 16.9. The quantitative estimate of drug-likeness (QED) is 0.218. The van der Waals surface area contributed by atoms with Crippen molar-refractivity contribution >= 4 is 32.9 Å². The van der Waals surface area contributed by atoms with Gasteiger partial charge in [-0.1, -0.05) is 53.6 Å². The second-order valence-corrected chi connectivity index (χ2v) is 12.0. The fourth-order valence-electron chi connectivity index (χ4n) is 3.16. The van der Waals surface area contributed by atoms with E-state index < -0.39 is 27.8 Å². The molecule has 1 atom stereocenters. The van der Waals surface area contributed by atoms with Gasteiger partial charge in [-0.15, -0.1) is 10.2 Å². The standard InChI is InChI=1S/C23H32F5N5O3S/c1-14(2)12-33(13-15(3)4)16-8-9-17(29-30-20-11-19(35-31-20)22(5,6)7)18(10-16)32-37(34,23(26,27)28)36-21(24)25/h8-11,14-15,21H,12-13H2,1-7H3. The summed E-state index contributed by atoms with van der Waals surface area (Å²) in [6.45, 7) is 10.6. The van der Waals surface area contributed by atoms with Crippen LogP contribution in [0.5, 0.6) is 0 Å². The van der Waals surface area contributed by atoms with Gasteiger partial charge < -0.3 is 9.42 Å². The van der Waals surface area contributed by atoms with Crippen molar-refractivity contribution in [2.75, 3.05) is 18.0 Å². The lowest BCUT2D eigenvalue weighted by molar-refractivity contribution is -0.0856. The number of benzene rings is 1. The van der Waals surface area contributed by atoms with Gasteiger partial charge >= 0.3 is 12.1 Å². The fraction of sp³-hybridized carbons (Fsp3) is 0.609. The molecule has 8 nitrogen and oxygen atoms in total. The zero-order chi connectivity index (χ0) is 28.2. The van der Waals surface area contributed by atoms with Crippen molar-refractivity contribution < 1.29 is 34.9 Å². The summed E-state index contributed by atoms with van der Waals surface area (Å²) >= 11 is 0. The number of hydrogen-bond acceptors (Lipinski definition) is 8. The Hall–Kier alpha value is -2.61. The zero-order valence-electron chi connectivity index (χ0n) is 21.7. The van der Waals surface area contributed by atoms with E-state index in [0.717, 1.165) is 0 Å². The highest BCUT2D eigenvalue weighted by Crippen LogP contribution is 2.39. The van der Waals surface area contributed by atoms with Crippen molar-refractivity contribution in [3.05, 3.63) is 30.0 Å². The van der Waals surface area contributed by atoms with E-state index in [9.17, 15) is 26.2 Å². The third kappa shape index (κ3) is 8.73. The highest BCUT2D eigenvalue weighted by molar-refractivity contribution is 7.90. The van der Waals surface area contributed by atoms with Crippen molar-refractivity contribution in [2.24, 2.45) is 26.4 Å². The Labute approximate surface area is 213 Å². The number of anilines is 1. The van der Waals surface area contributed by atoms with E-state index >= 15 is 0 Å². The van der Waals surface area contributed by atoms with E-state index in [2.05, 4.69) is 23.9 Å². The summed E-state index contributed by atoms with van der Waals surface area (Å²) in [5.74, 6) is 0.917. The van der Waals surface area contributed by atoms with Crippen LogP contribution in [0.1, 0.15) is 54.2 Å². The van der Waals surface area contributed by atoms with Gasteiger partial charge in [0.1, 0.15) is 17.1 Å². The maximum absolute atomic E-state index is 13.5. The number of alkyl halides is 5. The van der Waals surface area contributed by atoms with Crippen molar-refractivity contribution in [1.82, 2.24) is 5.16 Å². The Morgan fingerprint density at radius 2 is 1.59 bits per heavy atom. The van der Waals surface area contributed by atoms with E-state index in [1.807, 2.05) is 53.4 Å². The molecule has 2 aromatic rings. The second kappa shape index (κ2) is 11.8. The number of nitrogens with zero attached hydrogens (tertiary/aromatic N) is 5. The number of aromatic nitrogens is 1. The topological polar surface area (TPSA) is 92.6 Å². The van der Waals surface area contributed by atoms with Crippen LogP contribution in [0.4, 0.5) is 44.8 Å². The lowest BCUT2D eigenvalue weighted by Gasteiger charge is -2.29. The van der Waals surface area contributed by atoms with E-state index in [1.165, 1.54) is 18.2 Å².